The van der Waals surface area contributed by atoms with E-state index in [0.29, 0.717) is 10.7 Å². The van der Waals surface area contributed by atoms with Crippen molar-refractivity contribution in [2.24, 2.45) is 0 Å². The summed E-state index contributed by atoms with van der Waals surface area (Å²) in [6.07, 6.45) is -0.266. The van der Waals surface area contributed by atoms with Crippen LogP contribution >= 0.6 is 23.2 Å². The van der Waals surface area contributed by atoms with Crippen LogP contribution in [0.3, 0.4) is 0 Å². The number of nitrogens with one attached hydrogen (secondary N) is 2. The Morgan fingerprint density at radius 2 is 1.67 bits per heavy atom. The standard InChI is InChI=1S/C19H18Cl2N2O6S/c1-12(24)23-14-3-5-15(6-4-14)30(27,28)22-9-8-19(26)29-11-18(25)13-2-7-16(20)17(21)10-13/h2-7,10,22H,8-9,11H2,1H3,(H,23,24). The van der Waals surface area contributed by atoms with Crippen LogP contribution in [0.4, 0.5) is 5.69 Å². The number of hydrogen-bond acceptors (Lipinski definition) is 6. The van der Waals surface area contributed by atoms with Crippen LogP contribution in [0, 0.1) is 0 Å². The Balaban J connectivity index is 1.80. The maximum absolute atomic E-state index is 12.2. The molecule has 11 heteroatoms. The van der Waals surface area contributed by atoms with Crippen molar-refractivity contribution in [2.45, 2.75) is 18.2 Å². The first-order valence-corrected chi connectivity index (χ1v) is 10.8. The molecule has 0 radical (unpaired) electrons. The monoisotopic (exact) mass is 472 g/mol. The lowest BCUT2D eigenvalue weighted by Crippen LogP contribution is -2.27. The highest BCUT2D eigenvalue weighted by molar-refractivity contribution is 7.89. The zero-order valence-corrected chi connectivity index (χ0v) is 18.1. The summed E-state index contributed by atoms with van der Waals surface area (Å²) in [6.45, 7) is 0.618. The van der Waals surface area contributed by atoms with Crippen LogP contribution < -0.4 is 10.0 Å². The average molecular weight is 473 g/mol. The molecule has 0 aliphatic carbocycles. The molecule has 0 aliphatic heterocycles. The van der Waals surface area contributed by atoms with E-state index >= 15 is 0 Å². The van der Waals surface area contributed by atoms with Gasteiger partial charge in [0.25, 0.3) is 0 Å². The van der Waals surface area contributed by atoms with Gasteiger partial charge in [-0.25, -0.2) is 13.1 Å². The van der Waals surface area contributed by atoms with Crippen LogP contribution in [-0.2, 0) is 24.3 Å². The molecule has 0 unspecified atom stereocenters. The highest BCUT2D eigenvalue weighted by Gasteiger charge is 2.16. The van der Waals surface area contributed by atoms with E-state index in [2.05, 4.69) is 10.0 Å². The first kappa shape index (κ1) is 23.8. The molecular formula is C19H18Cl2N2O6S. The van der Waals surface area contributed by atoms with Crippen LogP contribution in [0.5, 0.6) is 0 Å². The predicted molar refractivity (Wildman–Crippen MR) is 112 cm³/mol. The molecule has 2 aromatic rings. The third-order valence-corrected chi connectivity index (χ3v) is 5.93. The number of esters is 1. The summed E-state index contributed by atoms with van der Waals surface area (Å²) in [6, 6.07) is 9.80. The third-order valence-electron chi connectivity index (χ3n) is 3.71. The molecule has 0 spiro atoms. The van der Waals surface area contributed by atoms with E-state index < -0.39 is 28.4 Å². The van der Waals surface area contributed by atoms with Gasteiger partial charge in [-0.05, 0) is 42.5 Å². The highest BCUT2D eigenvalue weighted by atomic mass is 35.5. The maximum atomic E-state index is 12.2. The summed E-state index contributed by atoms with van der Waals surface area (Å²) in [5.41, 5.74) is 0.692. The minimum absolute atomic E-state index is 0.0280. The Morgan fingerprint density at radius 3 is 2.27 bits per heavy atom. The van der Waals surface area contributed by atoms with Crippen LogP contribution in [-0.4, -0.2) is 39.2 Å². The molecule has 0 fully saturated rings. The Kier molecular flexibility index (Phi) is 8.36. The van der Waals surface area contributed by atoms with Gasteiger partial charge in [-0.3, -0.25) is 14.4 Å². The second kappa shape index (κ2) is 10.5. The van der Waals surface area contributed by atoms with Crippen LogP contribution in [0.25, 0.3) is 0 Å². The molecule has 0 bridgehead atoms. The number of carbonyl (C=O) groups excluding carboxylic acids is 3. The van der Waals surface area contributed by atoms with Gasteiger partial charge in [-0.15, -0.1) is 0 Å². The molecule has 2 N–H and O–H groups in total. The summed E-state index contributed by atoms with van der Waals surface area (Å²) in [7, 11) is -3.85. The normalized spacial score (nSPS) is 11.0. The van der Waals surface area contributed by atoms with Crippen molar-refractivity contribution in [2.75, 3.05) is 18.5 Å². The van der Waals surface area contributed by atoms with Crippen molar-refractivity contribution in [3.63, 3.8) is 0 Å². The van der Waals surface area contributed by atoms with Gasteiger partial charge < -0.3 is 10.1 Å². The van der Waals surface area contributed by atoms with Crippen molar-refractivity contribution in [1.29, 1.82) is 0 Å². The zero-order valence-electron chi connectivity index (χ0n) is 15.8. The lowest BCUT2D eigenvalue weighted by molar-refractivity contribution is -0.142. The van der Waals surface area contributed by atoms with Crippen LogP contribution in [0.2, 0.25) is 10.0 Å². The quantitative estimate of drug-likeness (QED) is 0.427. The molecule has 160 valence electrons. The SMILES string of the molecule is CC(=O)Nc1ccc(S(=O)(=O)NCCC(=O)OCC(=O)c2ccc(Cl)c(Cl)c2)cc1. The number of anilines is 1. The number of benzene rings is 2. The van der Waals surface area contributed by atoms with E-state index in [4.69, 9.17) is 27.9 Å². The smallest absolute Gasteiger partial charge is 0.307 e. The van der Waals surface area contributed by atoms with Crippen molar-refractivity contribution in [3.8, 4) is 0 Å². The molecular weight excluding hydrogens is 455 g/mol. The van der Waals surface area contributed by atoms with Gasteiger partial charge in [0, 0.05) is 24.7 Å². The first-order chi connectivity index (χ1) is 14.1. The summed E-state index contributed by atoms with van der Waals surface area (Å²) in [4.78, 5) is 34.7. The highest BCUT2D eigenvalue weighted by Crippen LogP contribution is 2.22. The van der Waals surface area contributed by atoms with Crippen molar-refractivity contribution in [3.05, 3.63) is 58.1 Å². The summed E-state index contributed by atoms with van der Waals surface area (Å²) < 4.78 is 31.6. The summed E-state index contributed by atoms with van der Waals surface area (Å²) in [5, 5.41) is 3.02. The van der Waals surface area contributed by atoms with Gasteiger partial charge >= 0.3 is 5.97 Å². The van der Waals surface area contributed by atoms with Crippen molar-refractivity contribution < 1.29 is 27.5 Å². The van der Waals surface area contributed by atoms with E-state index in [9.17, 15) is 22.8 Å². The molecule has 8 nitrogen and oxygen atoms in total. The van der Waals surface area contributed by atoms with Gasteiger partial charge in [0.15, 0.2) is 12.4 Å². The number of sulfonamides is 1. The van der Waals surface area contributed by atoms with Gasteiger partial charge in [-0.1, -0.05) is 23.2 Å². The minimum Gasteiger partial charge on any atom is -0.457 e. The predicted octanol–water partition coefficient (Wildman–Crippen LogP) is 3.05. The molecule has 2 aromatic carbocycles. The number of ketones is 1. The summed E-state index contributed by atoms with van der Waals surface area (Å²) >= 11 is 11.6. The Hall–Kier alpha value is -2.46. The van der Waals surface area contributed by atoms with Gasteiger partial charge in [0.2, 0.25) is 15.9 Å². The fourth-order valence-electron chi connectivity index (χ4n) is 2.26. The molecule has 0 atom stereocenters. The fraction of sp³-hybridized carbons (Fsp3) is 0.211. The minimum atomic E-state index is -3.85. The Bertz CT molecular complexity index is 1060. The lowest BCUT2D eigenvalue weighted by atomic mass is 10.1. The maximum Gasteiger partial charge on any atom is 0.307 e. The molecule has 2 rings (SSSR count). The van der Waals surface area contributed by atoms with E-state index in [0.717, 1.165) is 0 Å². The number of carbonyl (C=O) groups is 3. The van der Waals surface area contributed by atoms with Gasteiger partial charge in [0.1, 0.15) is 0 Å². The van der Waals surface area contributed by atoms with E-state index in [1.165, 1.54) is 49.4 Å². The van der Waals surface area contributed by atoms with Crippen LogP contribution in [0.15, 0.2) is 47.4 Å². The number of ether oxygens (including phenoxy) is 1. The molecule has 0 aromatic heterocycles. The Labute approximate surface area is 183 Å². The van der Waals surface area contributed by atoms with Gasteiger partial charge in [-0.2, -0.15) is 0 Å². The van der Waals surface area contributed by atoms with E-state index in [-0.39, 0.29) is 34.4 Å². The molecule has 0 aliphatic rings. The molecule has 1 amide bonds. The number of amides is 1. The Morgan fingerprint density at radius 1 is 1.00 bits per heavy atom. The van der Waals surface area contributed by atoms with E-state index in [1.54, 1.807) is 0 Å². The topological polar surface area (TPSA) is 119 Å². The molecule has 0 saturated heterocycles. The first-order valence-electron chi connectivity index (χ1n) is 8.59. The second-order valence-corrected chi connectivity index (χ2v) is 8.65. The fourth-order valence-corrected chi connectivity index (χ4v) is 3.59. The van der Waals surface area contributed by atoms with Gasteiger partial charge in [0.05, 0.1) is 21.4 Å². The molecule has 0 heterocycles. The number of rotatable bonds is 9. The molecule has 30 heavy (non-hydrogen) atoms. The number of halogens is 2. The zero-order chi connectivity index (χ0) is 22.3. The van der Waals surface area contributed by atoms with Crippen molar-refractivity contribution >= 4 is 56.6 Å². The lowest BCUT2D eigenvalue weighted by Gasteiger charge is -2.08. The second-order valence-electron chi connectivity index (χ2n) is 6.07. The number of Topliss-reactive ketones (excluding diaryl/α,β-unsaturated/α-hetero) is 1. The number of hydrogen-bond donors (Lipinski definition) is 2. The summed E-state index contributed by atoms with van der Waals surface area (Å²) in [5.74, 6) is -1.49. The largest absolute Gasteiger partial charge is 0.457 e. The molecule has 0 saturated carbocycles. The van der Waals surface area contributed by atoms with Crippen molar-refractivity contribution in [1.82, 2.24) is 4.72 Å². The van der Waals surface area contributed by atoms with Crippen LogP contribution in [0.1, 0.15) is 23.7 Å². The van der Waals surface area contributed by atoms with E-state index in [1.807, 2.05) is 0 Å². The average Bonchev–Trinajstić information content (AvgIpc) is 2.68. The third kappa shape index (κ3) is 7.10.